The summed E-state index contributed by atoms with van der Waals surface area (Å²) in [5.74, 6) is 0. The first-order chi connectivity index (χ1) is 5.38. The molecule has 1 N–H and O–H groups in total. The van der Waals surface area contributed by atoms with Crippen LogP contribution >= 0.6 is 11.8 Å². The summed E-state index contributed by atoms with van der Waals surface area (Å²) in [4.78, 5) is 0.817. The van der Waals surface area contributed by atoms with Crippen LogP contribution in [0.2, 0.25) is 0 Å². The zero-order valence-electron chi connectivity index (χ0n) is 5.96. The Morgan fingerprint density at radius 3 is 2.73 bits per heavy atom. The number of rotatable bonds is 3. The number of benzene rings is 1. The summed E-state index contributed by atoms with van der Waals surface area (Å²) in [5.41, 5.74) is 0.787. The predicted octanol–water partition coefficient (Wildman–Crippen LogP) is 2.20. The summed E-state index contributed by atoms with van der Waals surface area (Å²) in [6.07, 6.45) is 0. The highest BCUT2D eigenvalue weighted by atomic mass is 32.2. The number of thioether (sulfide) groups is 1. The number of aliphatic hydroxyl groups is 1. The highest BCUT2D eigenvalue weighted by Gasteiger charge is 1.98. The second-order valence-corrected chi connectivity index (χ2v) is 2.97. The van der Waals surface area contributed by atoms with Crippen LogP contribution in [0.5, 0.6) is 0 Å². The average molecular weight is 172 g/mol. The van der Waals surface area contributed by atoms with Gasteiger partial charge in [-0.3, -0.25) is 0 Å². The van der Waals surface area contributed by atoms with Crippen LogP contribution in [0.15, 0.2) is 29.2 Å². The average Bonchev–Trinajstić information content (AvgIpc) is 2.06. The molecule has 1 aromatic rings. The van der Waals surface area contributed by atoms with E-state index in [-0.39, 0.29) is 6.61 Å². The third-order valence-corrected chi connectivity index (χ3v) is 2.17. The third-order valence-electron chi connectivity index (χ3n) is 1.35. The summed E-state index contributed by atoms with van der Waals surface area (Å²) in [6.45, 7) is -0.0246. The van der Waals surface area contributed by atoms with Crippen molar-refractivity contribution in [3.05, 3.63) is 29.8 Å². The lowest BCUT2D eigenvalue weighted by atomic mass is 10.2. The van der Waals surface area contributed by atoms with Crippen molar-refractivity contribution in [3.8, 4) is 0 Å². The number of hydrogen-bond donors (Lipinski definition) is 1. The zero-order valence-corrected chi connectivity index (χ0v) is 6.77. The van der Waals surface area contributed by atoms with E-state index in [0.717, 1.165) is 22.2 Å². The molecule has 0 bridgehead atoms. The SMILES string of the molecule is OCc1ccccc1SCF. The van der Waals surface area contributed by atoms with Crippen molar-refractivity contribution in [1.82, 2.24) is 0 Å². The fourth-order valence-electron chi connectivity index (χ4n) is 0.834. The normalized spacial score (nSPS) is 10.0. The van der Waals surface area contributed by atoms with Crippen LogP contribution in [0, 0.1) is 0 Å². The molecule has 0 aliphatic heterocycles. The van der Waals surface area contributed by atoms with E-state index in [0.29, 0.717) is 0 Å². The van der Waals surface area contributed by atoms with Crippen LogP contribution < -0.4 is 0 Å². The van der Waals surface area contributed by atoms with Crippen molar-refractivity contribution >= 4 is 11.8 Å². The molecule has 0 fully saturated rings. The smallest absolute Gasteiger partial charge is 0.139 e. The quantitative estimate of drug-likeness (QED) is 0.705. The van der Waals surface area contributed by atoms with E-state index in [1.54, 1.807) is 12.1 Å². The minimum Gasteiger partial charge on any atom is -0.392 e. The van der Waals surface area contributed by atoms with E-state index in [1.165, 1.54) is 0 Å². The van der Waals surface area contributed by atoms with Gasteiger partial charge in [0.1, 0.15) is 6.01 Å². The molecular weight excluding hydrogens is 163 g/mol. The molecule has 0 amide bonds. The molecular formula is C8H9FOS. The molecule has 60 valence electrons. The molecule has 0 spiro atoms. The minimum atomic E-state index is -0.447. The molecule has 0 aliphatic carbocycles. The fourth-order valence-corrected chi connectivity index (χ4v) is 1.44. The summed E-state index contributed by atoms with van der Waals surface area (Å²) in [6, 6.07) is 6.80. The Balaban J connectivity index is 2.83. The number of aliphatic hydroxyl groups excluding tert-OH is 1. The van der Waals surface area contributed by atoms with Crippen LogP contribution in [-0.2, 0) is 6.61 Å². The van der Waals surface area contributed by atoms with Gasteiger partial charge < -0.3 is 5.11 Å². The predicted molar refractivity (Wildman–Crippen MR) is 44.2 cm³/mol. The number of alkyl halides is 1. The molecule has 0 unspecified atom stereocenters. The monoisotopic (exact) mass is 172 g/mol. The van der Waals surface area contributed by atoms with Crippen molar-refractivity contribution < 1.29 is 9.50 Å². The summed E-state index contributed by atoms with van der Waals surface area (Å²) < 4.78 is 11.9. The van der Waals surface area contributed by atoms with Crippen molar-refractivity contribution in [2.45, 2.75) is 11.5 Å². The molecule has 0 radical (unpaired) electrons. The van der Waals surface area contributed by atoms with Crippen LogP contribution in [0.1, 0.15) is 5.56 Å². The van der Waals surface area contributed by atoms with E-state index >= 15 is 0 Å². The van der Waals surface area contributed by atoms with Gasteiger partial charge in [0, 0.05) is 4.90 Å². The Bertz CT molecular complexity index is 227. The first-order valence-electron chi connectivity index (χ1n) is 3.26. The maximum Gasteiger partial charge on any atom is 0.139 e. The molecule has 0 atom stereocenters. The Morgan fingerprint density at radius 2 is 2.09 bits per heavy atom. The third kappa shape index (κ3) is 2.20. The van der Waals surface area contributed by atoms with Gasteiger partial charge in [0.25, 0.3) is 0 Å². The van der Waals surface area contributed by atoms with Gasteiger partial charge in [-0.2, -0.15) is 0 Å². The van der Waals surface area contributed by atoms with Gasteiger partial charge in [0.05, 0.1) is 6.61 Å². The van der Waals surface area contributed by atoms with Crippen LogP contribution in [0.4, 0.5) is 4.39 Å². The summed E-state index contributed by atoms with van der Waals surface area (Å²) in [5, 5.41) is 8.81. The van der Waals surface area contributed by atoms with Crippen molar-refractivity contribution in [1.29, 1.82) is 0 Å². The molecule has 0 aliphatic rings. The van der Waals surface area contributed by atoms with Crippen LogP contribution in [-0.4, -0.2) is 11.1 Å². The molecule has 0 saturated carbocycles. The van der Waals surface area contributed by atoms with Crippen molar-refractivity contribution in [3.63, 3.8) is 0 Å². The van der Waals surface area contributed by atoms with Crippen LogP contribution in [0.25, 0.3) is 0 Å². The highest BCUT2D eigenvalue weighted by molar-refractivity contribution is 7.99. The summed E-state index contributed by atoms with van der Waals surface area (Å²) in [7, 11) is 0. The van der Waals surface area contributed by atoms with E-state index in [1.807, 2.05) is 12.1 Å². The molecule has 0 heterocycles. The van der Waals surface area contributed by atoms with Gasteiger partial charge in [-0.15, -0.1) is 0 Å². The highest BCUT2D eigenvalue weighted by Crippen LogP contribution is 2.22. The van der Waals surface area contributed by atoms with E-state index in [4.69, 9.17) is 5.11 Å². The maximum absolute atomic E-state index is 11.9. The molecule has 1 nitrogen and oxygen atoms in total. The number of hydrogen-bond acceptors (Lipinski definition) is 2. The topological polar surface area (TPSA) is 20.2 Å². The molecule has 0 aromatic heterocycles. The van der Waals surface area contributed by atoms with Crippen LogP contribution in [0.3, 0.4) is 0 Å². The first kappa shape index (κ1) is 8.56. The largest absolute Gasteiger partial charge is 0.392 e. The van der Waals surface area contributed by atoms with E-state index in [2.05, 4.69) is 0 Å². The molecule has 1 aromatic carbocycles. The molecule has 11 heavy (non-hydrogen) atoms. The Kier molecular flexibility index (Phi) is 3.39. The second kappa shape index (κ2) is 4.36. The minimum absolute atomic E-state index is 0.0246. The van der Waals surface area contributed by atoms with Gasteiger partial charge in [-0.05, 0) is 11.6 Å². The van der Waals surface area contributed by atoms with Gasteiger partial charge in [0.2, 0.25) is 0 Å². The molecule has 3 heteroatoms. The fraction of sp³-hybridized carbons (Fsp3) is 0.250. The maximum atomic E-state index is 11.9. The van der Waals surface area contributed by atoms with Gasteiger partial charge in [-0.1, -0.05) is 30.0 Å². The first-order valence-corrected chi connectivity index (χ1v) is 4.24. The lowest BCUT2D eigenvalue weighted by molar-refractivity contribution is 0.279. The second-order valence-electron chi connectivity index (χ2n) is 2.02. The summed E-state index contributed by atoms with van der Waals surface area (Å²) >= 11 is 1.10. The molecule has 0 saturated heterocycles. The van der Waals surface area contributed by atoms with E-state index in [9.17, 15) is 4.39 Å². The standard InChI is InChI=1S/C8H9FOS/c9-6-11-8-4-2-1-3-7(8)5-10/h1-4,10H,5-6H2. The zero-order chi connectivity index (χ0) is 8.10. The van der Waals surface area contributed by atoms with E-state index < -0.39 is 6.01 Å². The Morgan fingerprint density at radius 1 is 1.36 bits per heavy atom. The Labute approximate surface area is 69.2 Å². The number of halogens is 1. The van der Waals surface area contributed by atoms with Gasteiger partial charge in [0.15, 0.2) is 0 Å². The van der Waals surface area contributed by atoms with Gasteiger partial charge in [-0.25, -0.2) is 4.39 Å². The van der Waals surface area contributed by atoms with Gasteiger partial charge >= 0.3 is 0 Å². The lowest BCUT2D eigenvalue weighted by Gasteiger charge is -2.02. The lowest BCUT2D eigenvalue weighted by Crippen LogP contribution is -1.85. The molecule has 1 rings (SSSR count). The Hall–Kier alpha value is -0.540. The van der Waals surface area contributed by atoms with Crippen molar-refractivity contribution in [2.75, 3.05) is 6.01 Å². The van der Waals surface area contributed by atoms with Crippen molar-refractivity contribution in [2.24, 2.45) is 0 Å².